The average molecular weight is 293 g/mol. The van der Waals surface area contributed by atoms with Crippen molar-refractivity contribution in [3.63, 3.8) is 0 Å². The number of carbonyl (C=O) groups excluding carboxylic acids is 1. The van der Waals surface area contributed by atoms with Gasteiger partial charge in [-0.3, -0.25) is 9.59 Å². The van der Waals surface area contributed by atoms with Crippen LogP contribution >= 0.6 is 0 Å². The molecule has 1 amide bonds. The topological polar surface area (TPSA) is 57.6 Å². The van der Waals surface area contributed by atoms with Crippen LogP contribution in [0.2, 0.25) is 0 Å². The highest BCUT2D eigenvalue weighted by Gasteiger charge is 2.64. The van der Waals surface area contributed by atoms with Gasteiger partial charge in [-0.25, -0.2) is 0 Å². The lowest BCUT2D eigenvalue weighted by Crippen LogP contribution is -2.46. The lowest BCUT2D eigenvalue weighted by molar-refractivity contribution is -0.229. The molecule has 2 unspecified atom stereocenters. The molecule has 1 heterocycles. The van der Waals surface area contributed by atoms with Crippen molar-refractivity contribution < 1.29 is 41.0 Å². The van der Waals surface area contributed by atoms with Crippen LogP contribution < -0.4 is 0 Å². The van der Waals surface area contributed by atoms with Gasteiger partial charge >= 0.3 is 24.2 Å². The van der Waals surface area contributed by atoms with Crippen molar-refractivity contribution in [1.29, 1.82) is 0 Å². The smallest absolute Gasteiger partial charge is 0.471 e. The summed E-state index contributed by atoms with van der Waals surface area (Å²) in [5.41, 5.74) is -2.90. The van der Waals surface area contributed by atoms with E-state index in [2.05, 4.69) is 0 Å². The number of carbonyl (C=O) groups is 2. The minimum Gasteiger partial charge on any atom is -0.481 e. The van der Waals surface area contributed by atoms with Crippen molar-refractivity contribution in [1.82, 2.24) is 4.90 Å². The first-order valence-corrected chi connectivity index (χ1v) is 4.96. The average Bonchev–Trinajstić information content (AvgIpc) is 2.54. The van der Waals surface area contributed by atoms with Gasteiger partial charge in [0.15, 0.2) is 0 Å². The van der Waals surface area contributed by atoms with Crippen molar-refractivity contribution >= 4 is 11.9 Å². The number of rotatable bonds is 1. The number of hydrogen-bond donors (Lipinski definition) is 1. The number of alkyl halides is 6. The largest absolute Gasteiger partial charge is 0.481 e. The second-order valence-corrected chi connectivity index (χ2v) is 4.49. The van der Waals surface area contributed by atoms with E-state index in [0.29, 0.717) is 6.92 Å². The van der Waals surface area contributed by atoms with E-state index in [1.807, 2.05) is 0 Å². The molecule has 0 spiro atoms. The number of likely N-dealkylation sites (tertiary alicyclic amines) is 1. The summed E-state index contributed by atoms with van der Waals surface area (Å²) in [6.45, 7) is -1.95. The Morgan fingerprint density at radius 3 is 1.95 bits per heavy atom. The predicted molar refractivity (Wildman–Crippen MR) is 47.9 cm³/mol. The zero-order valence-corrected chi connectivity index (χ0v) is 9.47. The number of halogens is 6. The maximum atomic E-state index is 12.8. The van der Waals surface area contributed by atoms with Crippen LogP contribution in [0.25, 0.3) is 0 Å². The number of amides is 1. The van der Waals surface area contributed by atoms with Crippen molar-refractivity contribution in [2.45, 2.75) is 19.3 Å². The van der Waals surface area contributed by atoms with Crippen molar-refractivity contribution in [3.05, 3.63) is 0 Å². The Kier molecular flexibility index (Phi) is 3.50. The van der Waals surface area contributed by atoms with Crippen LogP contribution in [0.3, 0.4) is 0 Å². The molecule has 1 rings (SSSR count). The van der Waals surface area contributed by atoms with Gasteiger partial charge in [-0.1, -0.05) is 0 Å². The van der Waals surface area contributed by atoms with Crippen LogP contribution in [0, 0.1) is 11.3 Å². The Morgan fingerprint density at radius 2 is 1.68 bits per heavy atom. The van der Waals surface area contributed by atoms with Crippen molar-refractivity contribution in [2.75, 3.05) is 13.1 Å². The molecule has 2 atom stereocenters. The number of nitrogens with zero attached hydrogens (tertiary/aromatic N) is 1. The Bertz CT molecular complexity index is 404. The number of hydrogen-bond acceptors (Lipinski definition) is 2. The van der Waals surface area contributed by atoms with Gasteiger partial charge in [0.25, 0.3) is 0 Å². The maximum absolute atomic E-state index is 12.8. The van der Waals surface area contributed by atoms with Crippen LogP contribution in [0.4, 0.5) is 26.3 Å². The monoisotopic (exact) mass is 293 g/mol. The molecule has 1 aliphatic rings. The molecule has 0 aromatic heterocycles. The minimum absolute atomic E-state index is 0.119. The van der Waals surface area contributed by atoms with Crippen LogP contribution in [0.5, 0.6) is 0 Å². The first-order chi connectivity index (χ1) is 8.30. The fourth-order valence-electron chi connectivity index (χ4n) is 1.96. The zero-order valence-electron chi connectivity index (χ0n) is 9.47. The van der Waals surface area contributed by atoms with E-state index >= 15 is 0 Å². The molecule has 1 aliphatic heterocycles. The van der Waals surface area contributed by atoms with Crippen LogP contribution in [0.1, 0.15) is 6.92 Å². The second-order valence-electron chi connectivity index (χ2n) is 4.49. The van der Waals surface area contributed by atoms with Crippen molar-refractivity contribution in [3.8, 4) is 0 Å². The Labute approximate surface area is 103 Å². The van der Waals surface area contributed by atoms with Crippen LogP contribution in [-0.4, -0.2) is 47.3 Å². The highest BCUT2D eigenvalue weighted by Crippen LogP contribution is 2.49. The summed E-state index contributed by atoms with van der Waals surface area (Å²) in [5, 5.41) is 8.70. The zero-order chi connectivity index (χ0) is 15.2. The van der Waals surface area contributed by atoms with Gasteiger partial charge in [0, 0.05) is 13.1 Å². The van der Waals surface area contributed by atoms with E-state index in [9.17, 15) is 35.9 Å². The molecule has 4 nitrogen and oxygen atoms in total. The molecule has 0 aliphatic carbocycles. The molecule has 0 saturated carbocycles. The molecule has 0 bridgehead atoms. The summed E-state index contributed by atoms with van der Waals surface area (Å²) in [7, 11) is 0. The SMILES string of the molecule is CC1(C(F)(F)F)CN(C(=O)C(F)(F)F)CC1C(=O)O. The molecular formula is C9H9F6NO3. The minimum atomic E-state index is -5.33. The first-order valence-electron chi connectivity index (χ1n) is 4.96. The molecule has 19 heavy (non-hydrogen) atoms. The Hall–Kier alpha value is -1.48. The number of carboxylic acid groups (broad SMARTS) is 1. The highest BCUT2D eigenvalue weighted by atomic mass is 19.4. The lowest BCUT2D eigenvalue weighted by Gasteiger charge is -2.30. The normalized spacial score (nSPS) is 28.6. The molecule has 0 aromatic rings. The van der Waals surface area contributed by atoms with Gasteiger partial charge in [-0.2, -0.15) is 26.3 Å². The maximum Gasteiger partial charge on any atom is 0.471 e. The highest BCUT2D eigenvalue weighted by molar-refractivity contribution is 5.83. The second kappa shape index (κ2) is 4.27. The fraction of sp³-hybridized carbons (Fsp3) is 0.778. The van der Waals surface area contributed by atoms with E-state index in [1.165, 1.54) is 0 Å². The van der Waals surface area contributed by atoms with Gasteiger partial charge in [-0.05, 0) is 6.92 Å². The summed E-state index contributed by atoms with van der Waals surface area (Å²) >= 11 is 0. The lowest BCUT2D eigenvalue weighted by atomic mass is 9.79. The number of carboxylic acids is 1. The Balaban J connectivity index is 3.10. The van der Waals surface area contributed by atoms with Crippen molar-refractivity contribution in [2.24, 2.45) is 11.3 Å². The van der Waals surface area contributed by atoms with E-state index in [4.69, 9.17) is 5.11 Å². The molecule has 0 aromatic carbocycles. The molecule has 110 valence electrons. The molecule has 10 heteroatoms. The van der Waals surface area contributed by atoms with Crippen LogP contribution in [-0.2, 0) is 9.59 Å². The summed E-state index contributed by atoms with van der Waals surface area (Å²) in [6.07, 6.45) is -10.4. The molecule has 1 saturated heterocycles. The molecular weight excluding hydrogens is 284 g/mol. The fourth-order valence-corrected chi connectivity index (χ4v) is 1.96. The first kappa shape index (κ1) is 15.6. The summed E-state index contributed by atoms with van der Waals surface area (Å²) < 4.78 is 74.9. The van der Waals surface area contributed by atoms with E-state index in [-0.39, 0.29) is 4.90 Å². The van der Waals surface area contributed by atoms with Gasteiger partial charge in [0.05, 0.1) is 11.3 Å². The quantitative estimate of drug-likeness (QED) is 0.748. The molecule has 1 N–H and O–H groups in total. The third kappa shape index (κ3) is 2.61. The number of aliphatic carboxylic acids is 1. The predicted octanol–water partition coefficient (Wildman–Crippen LogP) is 1.66. The van der Waals surface area contributed by atoms with E-state index < -0.39 is 48.7 Å². The third-order valence-electron chi connectivity index (χ3n) is 3.17. The van der Waals surface area contributed by atoms with Gasteiger partial charge < -0.3 is 10.0 Å². The summed E-state index contributed by atoms with van der Waals surface area (Å²) in [4.78, 5) is 21.5. The van der Waals surface area contributed by atoms with Gasteiger partial charge in [-0.15, -0.1) is 0 Å². The third-order valence-corrected chi connectivity index (χ3v) is 3.17. The molecule has 1 fully saturated rings. The Morgan fingerprint density at radius 1 is 1.21 bits per heavy atom. The van der Waals surface area contributed by atoms with Crippen LogP contribution in [0.15, 0.2) is 0 Å². The van der Waals surface area contributed by atoms with Gasteiger partial charge in [0.2, 0.25) is 0 Å². The van der Waals surface area contributed by atoms with Gasteiger partial charge in [0.1, 0.15) is 0 Å². The standard InChI is InChI=1S/C9H9F6NO3/c1-7(9(13,14)15)3-16(2-4(7)5(17)18)6(19)8(10,11)12/h4H,2-3H2,1H3,(H,17,18). The summed E-state index contributed by atoms with van der Waals surface area (Å²) in [5.74, 6) is -6.48. The van der Waals surface area contributed by atoms with E-state index in [0.717, 1.165) is 0 Å². The molecule has 0 radical (unpaired) electrons. The van der Waals surface area contributed by atoms with E-state index in [1.54, 1.807) is 0 Å². The summed E-state index contributed by atoms with van der Waals surface area (Å²) in [6, 6.07) is 0.